The van der Waals surface area contributed by atoms with Gasteiger partial charge in [0.1, 0.15) is 5.82 Å². The molecular weight excluding hydrogens is 369 g/mol. The first-order valence-electron chi connectivity index (χ1n) is 7.10. The van der Waals surface area contributed by atoms with E-state index in [0.29, 0.717) is 18.1 Å². The molecule has 5 nitrogen and oxygen atoms in total. The van der Waals surface area contributed by atoms with E-state index in [9.17, 15) is 0 Å². The van der Waals surface area contributed by atoms with Crippen molar-refractivity contribution in [1.82, 2.24) is 9.88 Å². The summed E-state index contributed by atoms with van der Waals surface area (Å²) in [6.45, 7) is 5.42. The summed E-state index contributed by atoms with van der Waals surface area (Å²) in [4.78, 5) is 9.61. The molecule has 3 saturated heterocycles. The maximum Gasteiger partial charge on any atom is 0.128 e. The average molecular weight is 387 g/mol. The van der Waals surface area contributed by atoms with Gasteiger partial charge in [-0.2, -0.15) is 0 Å². The molecule has 2 atom stereocenters. The Labute approximate surface area is 132 Å². The van der Waals surface area contributed by atoms with Gasteiger partial charge >= 0.3 is 0 Å². The average Bonchev–Trinajstić information content (AvgIpc) is 2.37. The summed E-state index contributed by atoms with van der Waals surface area (Å²) < 4.78 is 12.3. The Morgan fingerprint density at radius 1 is 1.00 bits per heavy atom. The summed E-state index contributed by atoms with van der Waals surface area (Å²) in [5.74, 6) is 1.09. The van der Waals surface area contributed by atoms with E-state index in [0.717, 1.165) is 45.3 Å². The van der Waals surface area contributed by atoms with E-state index in [1.54, 1.807) is 0 Å². The van der Waals surface area contributed by atoms with Crippen LogP contribution in [0.25, 0.3) is 0 Å². The van der Waals surface area contributed by atoms with Crippen LogP contribution in [0.5, 0.6) is 0 Å². The Hall–Kier alpha value is -0.440. The first-order valence-corrected chi connectivity index (χ1v) is 8.18. The second-order valence-electron chi connectivity index (χ2n) is 5.72. The number of aromatic nitrogens is 1. The van der Waals surface area contributed by atoms with Crippen molar-refractivity contribution in [3.8, 4) is 0 Å². The normalized spacial score (nSPS) is 31.1. The molecule has 2 bridgehead atoms. The molecule has 0 amide bonds. The minimum Gasteiger partial charge on any atom is -0.378 e. The Morgan fingerprint density at radius 2 is 1.65 bits per heavy atom. The van der Waals surface area contributed by atoms with Crippen molar-refractivity contribution in [3.05, 3.63) is 21.9 Å². The Kier molecular flexibility index (Phi) is 3.57. The number of morpholine rings is 1. The summed E-state index contributed by atoms with van der Waals surface area (Å²) in [7, 11) is 0. The smallest absolute Gasteiger partial charge is 0.128 e. The van der Waals surface area contributed by atoms with Gasteiger partial charge in [-0.25, -0.2) is 4.98 Å². The van der Waals surface area contributed by atoms with E-state index < -0.39 is 0 Å². The van der Waals surface area contributed by atoms with Gasteiger partial charge in [-0.1, -0.05) is 0 Å². The van der Waals surface area contributed by atoms with E-state index in [1.807, 2.05) is 6.20 Å². The molecule has 3 aliphatic rings. The summed E-state index contributed by atoms with van der Waals surface area (Å²) in [5, 5.41) is 0. The van der Waals surface area contributed by atoms with Crippen molar-refractivity contribution < 1.29 is 9.47 Å². The molecule has 2 unspecified atom stereocenters. The van der Waals surface area contributed by atoms with E-state index >= 15 is 0 Å². The standard InChI is InChI=1S/C14H18IN3O2/c15-10-1-2-14(16-3-10)17-4-11-6-19-7-12(5-17)18(11)13-8-20-9-13/h1-3,11-13H,4-9H2. The van der Waals surface area contributed by atoms with Crippen molar-refractivity contribution >= 4 is 28.4 Å². The molecule has 3 aliphatic heterocycles. The van der Waals surface area contributed by atoms with Gasteiger partial charge in [0.25, 0.3) is 0 Å². The zero-order valence-electron chi connectivity index (χ0n) is 11.2. The molecule has 0 aliphatic carbocycles. The Morgan fingerprint density at radius 3 is 2.20 bits per heavy atom. The second kappa shape index (κ2) is 5.40. The number of fused-ring (bicyclic) bond motifs is 2. The van der Waals surface area contributed by atoms with Gasteiger partial charge in [0.05, 0.1) is 44.6 Å². The van der Waals surface area contributed by atoms with Crippen molar-refractivity contribution in [2.75, 3.05) is 44.4 Å². The number of pyridine rings is 1. The summed E-state index contributed by atoms with van der Waals surface area (Å²) >= 11 is 2.30. The van der Waals surface area contributed by atoms with E-state index in [-0.39, 0.29) is 0 Å². The predicted molar refractivity (Wildman–Crippen MR) is 84.0 cm³/mol. The van der Waals surface area contributed by atoms with Gasteiger partial charge in [0, 0.05) is 22.9 Å². The molecule has 20 heavy (non-hydrogen) atoms. The van der Waals surface area contributed by atoms with Crippen LogP contribution in [0.15, 0.2) is 18.3 Å². The number of anilines is 1. The van der Waals surface area contributed by atoms with Crippen LogP contribution in [0.1, 0.15) is 0 Å². The second-order valence-corrected chi connectivity index (χ2v) is 6.97. The molecule has 0 radical (unpaired) electrons. The van der Waals surface area contributed by atoms with Crippen molar-refractivity contribution in [2.24, 2.45) is 0 Å². The van der Waals surface area contributed by atoms with Crippen LogP contribution >= 0.6 is 22.6 Å². The lowest BCUT2D eigenvalue weighted by atomic mass is 10.00. The monoisotopic (exact) mass is 387 g/mol. The van der Waals surface area contributed by atoms with Crippen LogP contribution in [-0.4, -0.2) is 67.5 Å². The summed E-state index contributed by atoms with van der Waals surface area (Å²) in [6, 6.07) is 5.79. The van der Waals surface area contributed by atoms with Crippen molar-refractivity contribution in [3.63, 3.8) is 0 Å². The van der Waals surface area contributed by atoms with Gasteiger partial charge < -0.3 is 14.4 Å². The third kappa shape index (κ3) is 2.32. The van der Waals surface area contributed by atoms with Gasteiger partial charge in [-0.05, 0) is 34.7 Å². The van der Waals surface area contributed by atoms with Gasteiger partial charge in [-0.15, -0.1) is 0 Å². The number of piperazine rings is 1. The minimum absolute atomic E-state index is 0.470. The largest absolute Gasteiger partial charge is 0.378 e. The van der Waals surface area contributed by atoms with Crippen LogP contribution in [0.2, 0.25) is 0 Å². The Bertz CT molecular complexity index is 466. The summed E-state index contributed by atoms with van der Waals surface area (Å²) in [6.07, 6.45) is 1.94. The van der Waals surface area contributed by atoms with Crippen LogP contribution in [-0.2, 0) is 9.47 Å². The number of hydrogen-bond acceptors (Lipinski definition) is 5. The molecule has 0 saturated carbocycles. The molecule has 0 aromatic carbocycles. The van der Waals surface area contributed by atoms with Crippen molar-refractivity contribution in [1.29, 1.82) is 0 Å². The third-order valence-corrected chi connectivity index (χ3v) is 5.04. The number of nitrogens with zero attached hydrogens (tertiary/aromatic N) is 3. The lowest BCUT2D eigenvalue weighted by Gasteiger charge is -2.54. The highest BCUT2D eigenvalue weighted by molar-refractivity contribution is 14.1. The maximum atomic E-state index is 5.76. The molecule has 108 valence electrons. The van der Waals surface area contributed by atoms with Gasteiger partial charge in [-0.3, -0.25) is 4.90 Å². The molecular formula is C14H18IN3O2. The van der Waals surface area contributed by atoms with Gasteiger partial charge in [0.15, 0.2) is 0 Å². The number of hydrogen-bond donors (Lipinski definition) is 0. The van der Waals surface area contributed by atoms with E-state index in [2.05, 4.69) is 49.5 Å². The predicted octanol–water partition coefficient (Wildman–Crippen LogP) is 0.974. The number of ether oxygens (including phenoxy) is 2. The zero-order chi connectivity index (χ0) is 13.5. The first kappa shape index (κ1) is 13.2. The molecule has 4 heterocycles. The van der Waals surface area contributed by atoms with Crippen molar-refractivity contribution in [2.45, 2.75) is 18.1 Å². The first-order chi connectivity index (χ1) is 9.81. The highest BCUT2D eigenvalue weighted by Crippen LogP contribution is 2.28. The highest BCUT2D eigenvalue weighted by atomic mass is 127. The fourth-order valence-electron chi connectivity index (χ4n) is 3.42. The lowest BCUT2D eigenvalue weighted by Crippen LogP contribution is -2.70. The topological polar surface area (TPSA) is 37.8 Å². The molecule has 0 spiro atoms. The van der Waals surface area contributed by atoms with Crippen LogP contribution in [0.4, 0.5) is 5.82 Å². The quantitative estimate of drug-likeness (QED) is 0.708. The SMILES string of the molecule is Ic1ccc(N2CC3COCC(C2)N3C2COC2)nc1. The molecule has 3 fully saturated rings. The van der Waals surface area contributed by atoms with Gasteiger partial charge in [0.2, 0.25) is 0 Å². The molecule has 1 aromatic rings. The third-order valence-electron chi connectivity index (χ3n) is 4.40. The summed E-state index contributed by atoms with van der Waals surface area (Å²) in [5.41, 5.74) is 0. The zero-order valence-corrected chi connectivity index (χ0v) is 13.4. The van der Waals surface area contributed by atoms with Crippen LogP contribution < -0.4 is 4.90 Å². The minimum atomic E-state index is 0.470. The fraction of sp³-hybridized carbons (Fsp3) is 0.643. The lowest BCUT2D eigenvalue weighted by molar-refractivity contribution is -0.146. The fourth-order valence-corrected chi connectivity index (χ4v) is 3.74. The molecule has 1 aromatic heterocycles. The molecule has 0 N–H and O–H groups in total. The van der Waals surface area contributed by atoms with Crippen LogP contribution in [0.3, 0.4) is 0 Å². The number of halogens is 1. The van der Waals surface area contributed by atoms with Crippen LogP contribution in [0, 0.1) is 3.57 Å². The number of rotatable bonds is 2. The van der Waals surface area contributed by atoms with E-state index in [4.69, 9.17) is 9.47 Å². The molecule has 4 rings (SSSR count). The highest BCUT2D eigenvalue weighted by Gasteiger charge is 2.44. The molecule has 6 heteroatoms. The van der Waals surface area contributed by atoms with E-state index in [1.165, 1.54) is 3.57 Å². The Balaban J connectivity index is 1.53. The maximum absolute atomic E-state index is 5.76.